The summed E-state index contributed by atoms with van der Waals surface area (Å²) in [5.41, 5.74) is 1.54. The number of carbonyl (C=O) groups is 1. The molecule has 0 atom stereocenters. The number of aromatic amines is 1. The number of aromatic nitrogens is 3. The van der Waals surface area contributed by atoms with Crippen molar-refractivity contribution in [3.8, 4) is 5.75 Å². The van der Waals surface area contributed by atoms with Crippen LogP contribution in [0.4, 0.5) is 5.82 Å². The fourth-order valence-corrected chi connectivity index (χ4v) is 3.03. The van der Waals surface area contributed by atoms with Crippen molar-refractivity contribution in [1.82, 2.24) is 15.2 Å². The molecule has 0 unspecified atom stereocenters. The van der Waals surface area contributed by atoms with Gasteiger partial charge in [0.25, 0.3) is 0 Å². The van der Waals surface area contributed by atoms with Crippen LogP contribution < -0.4 is 10.1 Å². The van der Waals surface area contributed by atoms with Gasteiger partial charge < -0.3 is 10.1 Å². The minimum absolute atomic E-state index is 0.125. The maximum Gasteiger partial charge on any atom is 0.225 e. The summed E-state index contributed by atoms with van der Waals surface area (Å²) in [6.07, 6.45) is 0.889. The molecule has 2 aromatic heterocycles. The number of fused-ring (bicyclic) bond motifs is 1. The highest BCUT2D eigenvalue weighted by atomic mass is 79.9. The van der Waals surface area contributed by atoms with E-state index in [-0.39, 0.29) is 5.91 Å². The first-order valence-corrected chi connectivity index (χ1v) is 8.89. The van der Waals surface area contributed by atoms with Crippen LogP contribution in [0.5, 0.6) is 5.75 Å². The molecule has 8 heteroatoms. The third kappa shape index (κ3) is 4.49. The van der Waals surface area contributed by atoms with Crippen molar-refractivity contribution in [1.29, 1.82) is 0 Å². The number of rotatable bonds is 6. The van der Waals surface area contributed by atoms with Gasteiger partial charge in [-0.25, -0.2) is 4.98 Å². The van der Waals surface area contributed by atoms with Crippen molar-refractivity contribution >= 4 is 50.3 Å². The molecule has 0 aliphatic carbocycles. The van der Waals surface area contributed by atoms with Crippen LogP contribution in [0.2, 0.25) is 5.02 Å². The van der Waals surface area contributed by atoms with E-state index in [1.807, 2.05) is 25.1 Å². The lowest BCUT2D eigenvalue weighted by Crippen LogP contribution is -2.13. The van der Waals surface area contributed by atoms with E-state index in [2.05, 4.69) is 36.4 Å². The molecule has 0 saturated carbocycles. The molecule has 0 radical (unpaired) electrons. The highest BCUT2D eigenvalue weighted by molar-refractivity contribution is 9.10. The van der Waals surface area contributed by atoms with Crippen LogP contribution in [-0.2, 0) is 4.79 Å². The average molecular weight is 424 g/mol. The molecule has 6 nitrogen and oxygen atoms in total. The molecule has 3 rings (SSSR count). The number of carbonyl (C=O) groups excluding carboxylic acids is 1. The number of aryl methyl sites for hydroxylation is 1. The summed E-state index contributed by atoms with van der Waals surface area (Å²) < 4.78 is 6.49. The molecule has 0 bridgehead atoms. The van der Waals surface area contributed by atoms with Gasteiger partial charge in [-0.15, -0.1) is 0 Å². The lowest BCUT2D eigenvalue weighted by molar-refractivity contribution is -0.116. The van der Waals surface area contributed by atoms with Gasteiger partial charge in [-0.2, -0.15) is 5.10 Å². The summed E-state index contributed by atoms with van der Waals surface area (Å²) in [7, 11) is 0. The normalized spacial score (nSPS) is 10.8. The molecule has 1 amide bonds. The van der Waals surface area contributed by atoms with Gasteiger partial charge in [-0.05, 0) is 43.7 Å². The fraction of sp³-hybridized carbons (Fsp3) is 0.235. The number of amides is 1. The third-order valence-electron chi connectivity index (χ3n) is 3.52. The molecule has 0 fully saturated rings. The number of H-pyrrole nitrogens is 1. The number of halogens is 2. The highest BCUT2D eigenvalue weighted by Gasteiger charge is 2.10. The van der Waals surface area contributed by atoms with Crippen molar-refractivity contribution in [3.63, 3.8) is 0 Å². The monoisotopic (exact) mass is 422 g/mol. The van der Waals surface area contributed by atoms with Crippen molar-refractivity contribution < 1.29 is 9.53 Å². The van der Waals surface area contributed by atoms with E-state index in [1.165, 1.54) is 0 Å². The number of benzene rings is 1. The molecule has 130 valence electrons. The number of pyridine rings is 1. The molecule has 1 aromatic carbocycles. The Balaban J connectivity index is 1.49. The zero-order valence-corrected chi connectivity index (χ0v) is 15.8. The summed E-state index contributed by atoms with van der Waals surface area (Å²) in [6, 6.07) is 9.17. The van der Waals surface area contributed by atoms with Crippen LogP contribution in [-0.4, -0.2) is 27.7 Å². The van der Waals surface area contributed by atoms with Crippen LogP contribution >= 0.6 is 27.5 Å². The van der Waals surface area contributed by atoms with Crippen LogP contribution in [0, 0.1) is 6.92 Å². The molecular weight excluding hydrogens is 408 g/mol. The quantitative estimate of drug-likeness (QED) is 0.573. The molecule has 2 heterocycles. The smallest absolute Gasteiger partial charge is 0.225 e. The predicted molar refractivity (Wildman–Crippen MR) is 101 cm³/mol. The van der Waals surface area contributed by atoms with E-state index >= 15 is 0 Å². The topological polar surface area (TPSA) is 79.9 Å². The summed E-state index contributed by atoms with van der Waals surface area (Å²) in [6.45, 7) is 2.30. The Hall–Kier alpha value is -2.12. The molecular formula is C17H16BrClN4O2. The van der Waals surface area contributed by atoms with Gasteiger partial charge in [-0.3, -0.25) is 9.89 Å². The molecule has 2 N–H and O–H groups in total. The van der Waals surface area contributed by atoms with Crippen molar-refractivity contribution in [2.75, 3.05) is 11.9 Å². The van der Waals surface area contributed by atoms with Crippen LogP contribution in [0.25, 0.3) is 11.0 Å². The van der Waals surface area contributed by atoms with Crippen molar-refractivity contribution in [2.45, 2.75) is 19.8 Å². The molecule has 0 aliphatic heterocycles. The minimum atomic E-state index is -0.125. The fourth-order valence-electron chi connectivity index (χ4n) is 2.30. The zero-order chi connectivity index (χ0) is 17.8. The first kappa shape index (κ1) is 17.7. The van der Waals surface area contributed by atoms with Gasteiger partial charge in [-0.1, -0.05) is 27.5 Å². The van der Waals surface area contributed by atoms with Gasteiger partial charge >= 0.3 is 0 Å². The van der Waals surface area contributed by atoms with E-state index in [0.717, 1.165) is 15.6 Å². The van der Waals surface area contributed by atoms with Gasteiger partial charge in [0, 0.05) is 16.6 Å². The van der Waals surface area contributed by atoms with E-state index in [0.29, 0.717) is 41.7 Å². The second kappa shape index (κ2) is 7.84. The van der Waals surface area contributed by atoms with Crippen LogP contribution in [0.1, 0.15) is 18.5 Å². The Morgan fingerprint density at radius 2 is 2.20 bits per heavy atom. The lowest BCUT2D eigenvalue weighted by atomic mass is 10.2. The van der Waals surface area contributed by atoms with Crippen molar-refractivity contribution in [3.05, 3.63) is 45.5 Å². The SMILES string of the molecule is Cc1ccc2c(NC(=O)CCCOc3ccc(Br)cc3Cl)n[nH]c2n1. The van der Waals surface area contributed by atoms with Crippen molar-refractivity contribution in [2.24, 2.45) is 0 Å². The van der Waals surface area contributed by atoms with E-state index < -0.39 is 0 Å². The Morgan fingerprint density at radius 3 is 3.00 bits per heavy atom. The van der Waals surface area contributed by atoms with E-state index in [1.54, 1.807) is 12.1 Å². The largest absolute Gasteiger partial charge is 0.492 e. The zero-order valence-electron chi connectivity index (χ0n) is 13.5. The number of hydrogen-bond donors (Lipinski definition) is 2. The first-order valence-electron chi connectivity index (χ1n) is 7.72. The number of anilines is 1. The number of nitrogens with one attached hydrogen (secondary N) is 2. The van der Waals surface area contributed by atoms with E-state index in [4.69, 9.17) is 16.3 Å². The summed E-state index contributed by atoms with van der Waals surface area (Å²) in [5.74, 6) is 0.967. The Labute approximate surface area is 158 Å². The Kier molecular flexibility index (Phi) is 5.55. The van der Waals surface area contributed by atoms with Gasteiger partial charge in [0.15, 0.2) is 11.5 Å². The second-order valence-electron chi connectivity index (χ2n) is 5.50. The molecule has 0 saturated heterocycles. The summed E-state index contributed by atoms with van der Waals surface area (Å²) in [4.78, 5) is 16.4. The second-order valence-corrected chi connectivity index (χ2v) is 6.82. The average Bonchev–Trinajstić information content (AvgIpc) is 2.95. The molecule has 3 aromatic rings. The Bertz CT molecular complexity index is 913. The molecule has 0 spiro atoms. The first-order chi connectivity index (χ1) is 12.0. The predicted octanol–water partition coefficient (Wildman–Crippen LogP) is 4.48. The number of ether oxygens (including phenoxy) is 1. The highest BCUT2D eigenvalue weighted by Crippen LogP contribution is 2.27. The molecule has 0 aliphatic rings. The summed E-state index contributed by atoms with van der Waals surface area (Å²) in [5, 5.41) is 11.0. The summed E-state index contributed by atoms with van der Waals surface area (Å²) >= 11 is 9.42. The lowest BCUT2D eigenvalue weighted by Gasteiger charge is -2.08. The van der Waals surface area contributed by atoms with Gasteiger partial charge in [0.05, 0.1) is 17.0 Å². The standard InChI is InChI=1S/C17H16BrClN4O2/c1-10-4-6-12-16(20-10)22-23-17(12)21-15(24)3-2-8-25-14-7-5-11(18)9-13(14)19/h4-7,9H,2-3,8H2,1H3,(H2,20,21,22,23,24). The van der Waals surface area contributed by atoms with Gasteiger partial charge in [0.2, 0.25) is 5.91 Å². The number of nitrogens with zero attached hydrogens (tertiary/aromatic N) is 2. The minimum Gasteiger partial charge on any atom is -0.492 e. The Morgan fingerprint density at radius 1 is 1.36 bits per heavy atom. The maximum absolute atomic E-state index is 12.1. The van der Waals surface area contributed by atoms with Crippen LogP contribution in [0.15, 0.2) is 34.8 Å². The van der Waals surface area contributed by atoms with Gasteiger partial charge in [0.1, 0.15) is 5.75 Å². The number of hydrogen-bond acceptors (Lipinski definition) is 4. The molecule has 25 heavy (non-hydrogen) atoms. The third-order valence-corrected chi connectivity index (χ3v) is 4.31. The maximum atomic E-state index is 12.1. The van der Waals surface area contributed by atoms with Crippen LogP contribution in [0.3, 0.4) is 0 Å². The van der Waals surface area contributed by atoms with E-state index in [9.17, 15) is 4.79 Å².